The monoisotopic (exact) mass is 368 g/mol. The van der Waals surface area contributed by atoms with Crippen molar-refractivity contribution in [3.05, 3.63) is 52.6 Å². The zero-order chi connectivity index (χ0) is 19.4. The molecule has 0 fully saturated rings. The number of nitrogens with one attached hydrogen (secondary N) is 1. The molecule has 0 aromatic heterocycles. The summed E-state index contributed by atoms with van der Waals surface area (Å²) in [6.45, 7) is 6.55. The van der Waals surface area contributed by atoms with Crippen LogP contribution in [0.15, 0.2) is 30.3 Å². The molecule has 1 N–H and O–H groups in total. The van der Waals surface area contributed by atoms with Gasteiger partial charge in [-0.05, 0) is 60.7 Å². The Morgan fingerprint density at radius 1 is 1.07 bits per heavy atom. The standard InChI is InChI=1S/C22H28N2O3/c1-15-5-6-16(2)19(11-15)23-22(25)8-10-24-9-7-17-12-20(26-3)21(27-4)13-18(17)14-24/h5-6,11-13H,7-10,14H2,1-4H3,(H,23,25). The number of fused-ring (bicyclic) bond motifs is 1. The van der Waals surface area contributed by atoms with Crippen molar-refractivity contribution >= 4 is 11.6 Å². The number of rotatable bonds is 6. The molecule has 1 aliphatic heterocycles. The minimum Gasteiger partial charge on any atom is -0.493 e. The van der Waals surface area contributed by atoms with Crippen LogP contribution in [-0.4, -0.2) is 38.1 Å². The van der Waals surface area contributed by atoms with E-state index in [1.807, 2.05) is 26.0 Å². The van der Waals surface area contributed by atoms with Gasteiger partial charge in [-0.3, -0.25) is 9.69 Å². The van der Waals surface area contributed by atoms with Crippen LogP contribution in [0.1, 0.15) is 28.7 Å². The number of aryl methyl sites for hydroxylation is 2. The molecule has 0 saturated carbocycles. The maximum absolute atomic E-state index is 12.4. The van der Waals surface area contributed by atoms with E-state index in [0.29, 0.717) is 6.42 Å². The normalized spacial score (nSPS) is 13.8. The lowest BCUT2D eigenvalue weighted by Crippen LogP contribution is -2.33. The van der Waals surface area contributed by atoms with Crippen molar-refractivity contribution in [3.8, 4) is 11.5 Å². The highest BCUT2D eigenvalue weighted by Crippen LogP contribution is 2.33. The van der Waals surface area contributed by atoms with Crippen molar-refractivity contribution in [1.29, 1.82) is 0 Å². The number of nitrogens with zero attached hydrogens (tertiary/aromatic N) is 1. The van der Waals surface area contributed by atoms with Crippen LogP contribution in [0.3, 0.4) is 0 Å². The molecule has 0 saturated heterocycles. The summed E-state index contributed by atoms with van der Waals surface area (Å²) in [5.74, 6) is 1.59. The van der Waals surface area contributed by atoms with Crippen LogP contribution in [0.4, 0.5) is 5.69 Å². The van der Waals surface area contributed by atoms with Gasteiger partial charge in [0.1, 0.15) is 0 Å². The molecular weight excluding hydrogens is 340 g/mol. The molecule has 144 valence electrons. The molecule has 0 spiro atoms. The van der Waals surface area contributed by atoms with Gasteiger partial charge in [-0.25, -0.2) is 0 Å². The molecule has 0 radical (unpaired) electrons. The number of hydrogen-bond acceptors (Lipinski definition) is 4. The van der Waals surface area contributed by atoms with Crippen LogP contribution in [0.5, 0.6) is 11.5 Å². The van der Waals surface area contributed by atoms with E-state index in [1.54, 1.807) is 14.2 Å². The third-order valence-electron chi connectivity index (χ3n) is 5.12. The highest BCUT2D eigenvalue weighted by atomic mass is 16.5. The van der Waals surface area contributed by atoms with Crippen molar-refractivity contribution in [2.45, 2.75) is 33.2 Å². The van der Waals surface area contributed by atoms with Crippen LogP contribution >= 0.6 is 0 Å². The van der Waals surface area contributed by atoms with E-state index < -0.39 is 0 Å². The summed E-state index contributed by atoms with van der Waals surface area (Å²) in [4.78, 5) is 14.7. The SMILES string of the molecule is COc1cc2c(cc1OC)CN(CCC(=O)Nc1cc(C)ccc1C)CC2. The molecule has 5 nitrogen and oxygen atoms in total. The first-order chi connectivity index (χ1) is 13.0. The Kier molecular flexibility index (Phi) is 6.01. The molecule has 5 heteroatoms. The molecule has 2 aromatic rings. The van der Waals surface area contributed by atoms with Gasteiger partial charge in [0.2, 0.25) is 5.91 Å². The topological polar surface area (TPSA) is 50.8 Å². The second-order valence-corrected chi connectivity index (χ2v) is 7.12. The minimum absolute atomic E-state index is 0.0572. The number of ether oxygens (including phenoxy) is 2. The van der Waals surface area contributed by atoms with E-state index in [9.17, 15) is 4.79 Å². The average molecular weight is 368 g/mol. The third kappa shape index (κ3) is 4.61. The van der Waals surface area contributed by atoms with Crippen LogP contribution in [0.25, 0.3) is 0 Å². The molecule has 2 aromatic carbocycles. The lowest BCUT2D eigenvalue weighted by molar-refractivity contribution is -0.116. The molecular formula is C22H28N2O3. The van der Waals surface area contributed by atoms with Crippen molar-refractivity contribution in [2.24, 2.45) is 0 Å². The molecule has 0 bridgehead atoms. The quantitative estimate of drug-likeness (QED) is 0.845. The summed E-state index contributed by atoms with van der Waals surface area (Å²) in [7, 11) is 3.32. The van der Waals surface area contributed by atoms with Crippen LogP contribution in [0, 0.1) is 13.8 Å². The fourth-order valence-corrected chi connectivity index (χ4v) is 3.48. The van der Waals surface area contributed by atoms with Gasteiger partial charge >= 0.3 is 0 Å². The Bertz CT molecular complexity index is 833. The fourth-order valence-electron chi connectivity index (χ4n) is 3.48. The van der Waals surface area contributed by atoms with Crippen molar-refractivity contribution in [1.82, 2.24) is 4.90 Å². The molecule has 27 heavy (non-hydrogen) atoms. The summed E-state index contributed by atoms with van der Waals surface area (Å²) in [6.07, 6.45) is 1.43. The number of anilines is 1. The van der Waals surface area contributed by atoms with Gasteiger partial charge in [-0.2, -0.15) is 0 Å². The van der Waals surface area contributed by atoms with Gasteiger partial charge in [0.05, 0.1) is 14.2 Å². The number of carbonyl (C=O) groups excluding carboxylic acids is 1. The van der Waals surface area contributed by atoms with E-state index in [1.165, 1.54) is 11.1 Å². The van der Waals surface area contributed by atoms with E-state index in [2.05, 4.69) is 28.4 Å². The largest absolute Gasteiger partial charge is 0.493 e. The second-order valence-electron chi connectivity index (χ2n) is 7.12. The summed E-state index contributed by atoms with van der Waals surface area (Å²) in [5, 5.41) is 3.04. The zero-order valence-electron chi connectivity index (χ0n) is 16.6. The number of amides is 1. The van der Waals surface area contributed by atoms with E-state index >= 15 is 0 Å². The Balaban J connectivity index is 1.58. The Hall–Kier alpha value is -2.53. The van der Waals surface area contributed by atoms with E-state index in [4.69, 9.17) is 9.47 Å². The maximum atomic E-state index is 12.4. The second kappa shape index (κ2) is 8.44. The first kappa shape index (κ1) is 19.2. The highest BCUT2D eigenvalue weighted by Gasteiger charge is 2.20. The smallest absolute Gasteiger partial charge is 0.225 e. The lowest BCUT2D eigenvalue weighted by Gasteiger charge is -2.29. The number of carbonyl (C=O) groups is 1. The zero-order valence-corrected chi connectivity index (χ0v) is 16.6. The first-order valence-corrected chi connectivity index (χ1v) is 9.33. The third-order valence-corrected chi connectivity index (χ3v) is 5.12. The Labute approximate surface area is 161 Å². The van der Waals surface area contributed by atoms with Gasteiger partial charge in [-0.15, -0.1) is 0 Å². The Morgan fingerprint density at radius 3 is 2.48 bits per heavy atom. The van der Waals surface area contributed by atoms with Gasteiger partial charge < -0.3 is 14.8 Å². The van der Waals surface area contributed by atoms with Crippen LogP contribution in [-0.2, 0) is 17.8 Å². The predicted molar refractivity (Wildman–Crippen MR) is 108 cm³/mol. The van der Waals surface area contributed by atoms with Gasteiger partial charge in [0.25, 0.3) is 0 Å². The fraction of sp³-hybridized carbons (Fsp3) is 0.409. The number of hydrogen-bond donors (Lipinski definition) is 1. The summed E-state index contributed by atoms with van der Waals surface area (Å²) in [6, 6.07) is 10.2. The number of methoxy groups -OCH3 is 2. The molecule has 0 aliphatic carbocycles. The van der Waals surface area contributed by atoms with Crippen LogP contribution < -0.4 is 14.8 Å². The summed E-state index contributed by atoms with van der Waals surface area (Å²) < 4.78 is 10.8. The Morgan fingerprint density at radius 2 is 1.78 bits per heavy atom. The van der Waals surface area contributed by atoms with E-state index in [-0.39, 0.29) is 5.91 Å². The molecule has 0 unspecified atom stereocenters. The average Bonchev–Trinajstić information content (AvgIpc) is 2.67. The van der Waals surface area contributed by atoms with E-state index in [0.717, 1.165) is 54.4 Å². The maximum Gasteiger partial charge on any atom is 0.225 e. The van der Waals surface area contributed by atoms with Gasteiger partial charge in [0.15, 0.2) is 11.5 Å². The van der Waals surface area contributed by atoms with Crippen molar-refractivity contribution in [2.75, 3.05) is 32.6 Å². The lowest BCUT2D eigenvalue weighted by atomic mass is 9.98. The molecule has 3 rings (SSSR count). The molecule has 1 amide bonds. The summed E-state index contributed by atoms with van der Waals surface area (Å²) in [5.41, 5.74) is 5.67. The van der Waals surface area contributed by atoms with Crippen molar-refractivity contribution < 1.29 is 14.3 Å². The molecule has 1 heterocycles. The minimum atomic E-state index is 0.0572. The molecule has 0 atom stereocenters. The first-order valence-electron chi connectivity index (χ1n) is 9.33. The van der Waals surface area contributed by atoms with Gasteiger partial charge in [0, 0.05) is 31.7 Å². The number of benzene rings is 2. The highest BCUT2D eigenvalue weighted by molar-refractivity contribution is 5.91. The molecule has 1 aliphatic rings. The van der Waals surface area contributed by atoms with Crippen molar-refractivity contribution in [3.63, 3.8) is 0 Å². The van der Waals surface area contributed by atoms with Crippen LogP contribution in [0.2, 0.25) is 0 Å². The van der Waals surface area contributed by atoms with Gasteiger partial charge in [-0.1, -0.05) is 12.1 Å². The summed E-state index contributed by atoms with van der Waals surface area (Å²) >= 11 is 0. The predicted octanol–water partition coefficient (Wildman–Crippen LogP) is 3.71.